The summed E-state index contributed by atoms with van der Waals surface area (Å²) in [6.07, 6.45) is 7.16. The molecule has 0 spiro atoms. The summed E-state index contributed by atoms with van der Waals surface area (Å²) in [5.41, 5.74) is 0.739. The highest BCUT2D eigenvalue weighted by Gasteiger charge is 2.17. The van der Waals surface area contributed by atoms with Gasteiger partial charge in [0, 0.05) is 5.70 Å². The van der Waals surface area contributed by atoms with Crippen molar-refractivity contribution in [1.29, 1.82) is 0 Å². The fourth-order valence-corrected chi connectivity index (χ4v) is 2.93. The Balaban J connectivity index is 2.27. The van der Waals surface area contributed by atoms with Gasteiger partial charge in [0.05, 0.1) is 17.6 Å². The fourth-order valence-electron chi connectivity index (χ4n) is 1.81. The third kappa shape index (κ3) is 3.27. The van der Waals surface area contributed by atoms with E-state index < -0.39 is 16.0 Å². The van der Waals surface area contributed by atoms with Crippen molar-refractivity contribution in [1.82, 2.24) is 4.72 Å². The fraction of sp³-hybridized carbons (Fsp3) is 0.214. The molecule has 1 aromatic carbocycles. The number of ether oxygens (including phenoxy) is 1. The second-order valence-electron chi connectivity index (χ2n) is 4.26. The van der Waals surface area contributed by atoms with Crippen molar-refractivity contribution < 1.29 is 17.9 Å². The van der Waals surface area contributed by atoms with Gasteiger partial charge in [-0.15, -0.1) is 0 Å². The molecule has 1 aliphatic carbocycles. The van der Waals surface area contributed by atoms with Crippen LogP contribution in [0.4, 0.5) is 0 Å². The first kappa shape index (κ1) is 14.3. The molecule has 1 aromatic rings. The Kier molecular flexibility index (Phi) is 4.24. The average Bonchev–Trinajstić information content (AvgIpc) is 2.47. The minimum atomic E-state index is -3.70. The first-order valence-corrected chi connectivity index (χ1v) is 7.59. The first-order chi connectivity index (χ1) is 9.53. The summed E-state index contributed by atoms with van der Waals surface area (Å²) in [7, 11) is -2.45. The number of allylic oxidation sites excluding steroid dienone is 3. The molecular weight excluding hydrogens is 278 g/mol. The monoisotopic (exact) mass is 293 g/mol. The minimum absolute atomic E-state index is 0.0280. The Morgan fingerprint density at radius 1 is 1.30 bits per heavy atom. The van der Waals surface area contributed by atoms with Gasteiger partial charge >= 0.3 is 5.97 Å². The molecule has 0 atom stereocenters. The summed E-state index contributed by atoms with van der Waals surface area (Å²) >= 11 is 0. The predicted molar refractivity (Wildman–Crippen MR) is 74.6 cm³/mol. The van der Waals surface area contributed by atoms with Crippen LogP contribution < -0.4 is 4.72 Å². The lowest BCUT2D eigenvalue weighted by atomic mass is 10.2. The summed E-state index contributed by atoms with van der Waals surface area (Å²) < 4.78 is 31.5. The van der Waals surface area contributed by atoms with E-state index in [4.69, 9.17) is 0 Å². The van der Waals surface area contributed by atoms with Crippen molar-refractivity contribution in [2.75, 3.05) is 7.11 Å². The molecule has 0 aromatic heterocycles. The molecule has 0 unspecified atom stereocenters. The van der Waals surface area contributed by atoms with Crippen LogP contribution in [0.2, 0.25) is 0 Å². The molecule has 0 heterocycles. The third-order valence-electron chi connectivity index (χ3n) is 2.81. The summed E-state index contributed by atoms with van der Waals surface area (Å²) in [5, 5.41) is 0. The maximum atomic E-state index is 12.2. The summed E-state index contributed by atoms with van der Waals surface area (Å²) in [4.78, 5) is 11.5. The summed E-state index contributed by atoms with van der Waals surface area (Å²) in [5.74, 6) is -0.571. The molecule has 0 amide bonds. The number of carbonyl (C=O) groups is 1. The first-order valence-electron chi connectivity index (χ1n) is 6.11. The van der Waals surface area contributed by atoms with E-state index in [1.807, 2.05) is 12.2 Å². The Bertz CT molecular complexity index is 674. The highest BCUT2D eigenvalue weighted by atomic mass is 32.2. The van der Waals surface area contributed by atoms with E-state index in [0.717, 1.165) is 12.8 Å². The molecule has 1 aliphatic rings. The molecule has 5 nitrogen and oxygen atoms in total. The van der Waals surface area contributed by atoms with Crippen molar-refractivity contribution in [3.8, 4) is 0 Å². The zero-order valence-corrected chi connectivity index (χ0v) is 11.8. The van der Waals surface area contributed by atoms with Gasteiger partial charge in [-0.1, -0.05) is 18.2 Å². The maximum absolute atomic E-state index is 12.2. The Morgan fingerprint density at radius 2 is 2.10 bits per heavy atom. The van der Waals surface area contributed by atoms with E-state index in [-0.39, 0.29) is 10.5 Å². The van der Waals surface area contributed by atoms with Gasteiger partial charge < -0.3 is 4.74 Å². The average molecular weight is 293 g/mol. The van der Waals surface area contributed by atoms with Crippen molar-refractivity contribution >= 4 is 16.0 Å². The maximum Gasteiger partial charge on any atom is 0.337 e. The molecule has 1 N–H and O–H groups in total. The van der Waals surface area contributed by atoms with Crippen LogP contribution in [-0.4, -0.2) is 21.5 Å². The smallest absolute Gasteiger partial charge is 0.337 e. The second-order valence-corrected chi connectivity index (χ2v) is 5.95. The quantitative estimate of drug-likeness (QED) is 0.862. The van der Waals surface area contributed by atoms with Gasteiger partial charge in [-0.2, -0.15) is 0 Å². The number of hydrogen-bond donors (Lipinski definition) is 1. The van der Waals surface area contributed by atoms with Gasteiger partial charge in [0.2, 0.25) is 0 Å². The largest absolute Gasteiger partial charge is 0.465 e. The highest BCUT2D eigenvalue weighted by molar-refractivity contribution is 7.89. The van der Waals surface area contributed by atoms with Crippen LogP contribution in [0, 0.1) is 0 Å². The third-order valence-corrected chi connectivity index (χ3v) is 4.19. The topological polar surface area (TPSA) is 72.5 Å². The molecule has 0 aliphatic heterocycles. The summed E-state index contributed by atoms with van der Waals surface area (Å²) in [6.45, 7) is 0. The molecule has 2 rings (SSSR count). The summed E-state index contributed by atoms with van der Waals surface area (Å²) in [6, 6.07) is 5.74. The van der Waals surface area contributed by atoms with Crippen LogP contribution >= 0.6 is 0 Å². The number of hydrogen-bond acceptors (Lipinski definition) is 4. The van der Waals surface area contributed by atoms with Crippen molar-refractivity contribution in [3.05, 3.63) is 53.8 Å². The van der Waals surface area contributed by atoms with Crippen LogP contribution in [0.15, 0.2) is 53.1 Å². The number of esters is 1. The molecule has 106 valence electrons. The van der Waals surface area contributed by atoms with E-state index >= 15 is 0 Å². The lowest BCUT2D eigenvalue weighted by Gasteiger charge is -2.11. The zero-order chi connectivity index (χ0) is 14.6. The van der Waals surface area contributed by atoms with Gasteiger partial charge in [-0.3, -0.25) is 4.72 Å². The van der Waals surface area contributed by atoms with E-state index in [9.17, 15) is 13.2 Å². The van der Waals surface area contributed by atoms with Gasteiger partial charge in [0.1, 0.15) is 0 Å². The van der Waals surface area contributed by atoms with E-state index in [2.05, 4.69) is 9.46 Å². The molecule has 0 bridgehead atoms. The molecule has 0 fully saturated rings. The van der Waals surface area contributed by atoms with Crippen molar-refractivity contribution in [3.63, 3.8) is 0 Å². The molecule has 20 heavy (non-hydrogen) atoms. The SMILES string of the molecule is COC(=O)c1cccc(S(=O)(=O)NC2=CCCC=C2)c1. The standard InChI is InChI=1S/C14H15NO4S/c1-19-14(16)11-6-5-9-13(10-11)20(17,18)15-12-7-3-2-4-8-12/h3,5-10,15H,2,4H2,1H3. The van der Waals surface area contributed by atoms with Crippen molar-refractivity contribution in [2.24, 2.45) is 0 Å². The number of benzene rings is 1. The van der Waals surface area contributed by atoms with E-state index in [0.29, 0.717) is 5.70 Å². The Morgan fingerprint density at radius 3 is 2.75 bits per heavy atom. The zero-order valence-electron chi connectivity index (χ0n) is 11.0. The van der Waals surface area contributed by atoms with Gasteiger partial charge in [0.15, 0.2) is 0 Å². The van der Waals surface area contributed by atoms with Crippen LogP contribution in [0.3, 0.4) is 0 Å². The molecule has 0 saturated heterocycles. The minimum Gasteiger partial charge on any atom is -0.465 e. The van der Waals surface area contributed by atoms with Crippen LogP contribution in [0.5, 0.6) is 0 Å². The van der Waals surface area contributed by atoms with Gasteiger partial charge in [-0.05, 0) is 37.1 Å². The lowest BCUT2D eigenvalue weighted by molar-refractivity contribution is 0.0600. The number of sulfonamides is 1. The molecular formula is C14H15NO4S. The molecule has 0 saturated carbocycles. The van der Waals surface area contributed by atoms with E-state index in [1.54, 1.807) is 6.08 Å². The number of methoxy groups -OCH3 is 1. The Labute approximate surface area is 118 Å². The number of nitrogens with one attached hydrogen (secondary N) is 1. The molecule has 0 radical (unpaired) electrons. The van der Waals surface area contributed by atoms with Crippen LogP contribution in [0.1, 0.15) is 23.2 Å². The number of rotatable bonds is 4. The predicted octanol–water partition coefficient (Wildman–Crippen LogP) is 1.99. The van der Waals surface area contributed by atoms with Crippen LogP contribution in [0.25, 0.3) is 0 Å². The highest BCUT2D eigenvalue weighted by Crippen LogP contribution is 2.15. The van der Waals surface area contributed by atoms with E-state index in [1.165, 1.54) is 31.4 Å². The lowest BCUT2D eigenvalue weighted by Crippen LogP contribution is -2.23. The Hall–Kier alpha value is -2.08. The normalized spacial score (nSPS) is 14.6. The molecule has 6 heteroatoms. The van der Waals surface area contributed by atoms with Gasteiger partial charge in [-0.25, -0.2) is 13.2 Å². The second kappa shape index (κ2) is 5.92. The number of carbonyl (C=O) groups excluding carboxylic acids is 1. The van der Waals surface area contributed by atoms with Crippen molar-refractivity contribution in [2.45, 2.75) is 17.7 Å². The van der Waals surface area contributed by atoms with Gasteiger partial charge in [0.25, 0.3) is 10.0 Å². The van der Waals surface area contributed by atoms with Crippen LogP contribution in [-0.2, 0) is 14.8 Å².